The first-order chi connectivity index (χ1) is 12.6. The molecule has 0 amide bonds. The first-order valence-corrected chi connectivity index (χ1v) is 8.74. The molecule has 0 aliphatic carbocycles. The molecule has 0 saturated carbocycles. The Morgan fingerprint density at radius 3 is 2.73 bits per heavy atom. The van der Waals surface area contributed by atoms with Gasteiger partial charge in [0.25, 0.3) is 0 Å². The van der Waals surface area contributed by atoms with E-state index in [0.29, 0.717) is 22.8 Å². The molecule has 1 atom stereocenters. The minimum Gasteiger partial charge on any atom is -0.481 e. The Labute approximate surface area is 156 Å². The SMILES string of the molecule is CCC1(c2ccco2)OC=CNc2ccc(-c3cc(F)cc(Cl)c3)cc21. The summed E-state index contributed by atoms with van der Waals surface area (Å²) in [6.45, 7) is 2.04. The number of hydrogen-bond donors (Lipinski definition) is 1. The van der Waals surface area contributed by atoms with Crippen LogP contribution in [0.5, 0.6) is 0 Å². The summed E-state index contributed by atoms with van der Waals surface area (Å²) in [5.74, 6) is 0.343. The van der Waals surface area contributed by atoms with Crippen molar-refractivity contribution < 1.29 is 13.5 Å². The van der Waals surface area contributed by atoms with E-state index in [-0.39, 0.29) is 5.82 Å². The van der Waals surface area contributed by atoms with E-state index >= 15 is 0 Å². The van der Waals surface area contributed by atoms with Crippen molar-refractivity contribution >= 4 is 17.3 Å². The first kappa shape index (κ1) is 16.7. The topological polar surface area (TPSA) is 34.4 Å². The summed E-state index contributed by atoms with van der Waals surface area (Å²) < 4.78 is 25.6. The Morgan fingerprint density at radius 1 is 1.12 bits per heavy atom. The van der Waals surface area contributed by atoms with Gasteiger partial charge in [-0.1, -0.05) is 24.6 Å². The monoisotopic (exact) mass is 369 g/mol. The van der Waals surface area contributed by atoms with Crippen LogP contribution in [-0.4, -0.2) is 0 Å². The average Bonchev–Trinajstić information content (AvgIpc) is 3.10. The van der Waals surface area contributed by atoms with Crippen molar-refractivity contribution in [2.24, 2.45) is 0 Å². The minimum absolute atomic E-state index is 0.360. The lowest BCUT2D eigenvalue weighted by atomic mass is 9.85. The predicted molar refractivity (Wildman–Crippen MR) is 100 cm³/mol. The third-order valence-electron chi connectivity index (χ3n) is 4.64. The van der Waals surface area contributed by atoms with Gasteiger partial charge in [-0.05, 0) is 60.0 Å². The van der Waals surface area contributed by atoms with Gasteiger partial charge in [-0.3, -0.25) is 0 Å². The normalized spacial score (nSPS) is 18.6. The van der Waals surface area contributed by atoms with Crippen LogP contribution >= 0.6 is 11.6 Å². The summed E-state index contributed by atoms with van der Waals surface area (Å²) in [5.41, 5.74) is 2.61. The second-order valence-electron chi connectivity index (χ2n) is 6.14. The number of rotatable bonds is 3. The largest absolute Gasteiger partial charge is 0.481 e. The number of nitrogens with one attached hydrogen (secondary N) is 1. The van der Waals surface area contributed by atoms with E-state index in [1.54, 1.807) is 24.8 Å². The van der Waals surface area contributed by atoms with E-state index < -0.39 is 5.60 Å². The van der Waals surface area contributed by atoms with Crippen LogP contribution < -0.4 is 5.32 Å². The summed E-state index contributed by atoms with van der Waals surface area (Å²) >= 11 is 6.03. The van der Waals surface area contributed by atoms with Gasteiger partial charge < -0.3 is 14.5 Å². The first-order valence-electron chi connectivity index (χ1n) is 8.37. The number of benzene rings is 2. The molecule has 26 heavy (non-hydrogen) atoms. The highest BCUT2D eigenvalue weighted by molar-refractivity contribution is 6.30. The molecule has 132 valence electrons. The summed E-state index contributed by atoms with van der Waals surface area (Å²) in [6, 6.07) is 14.1. The van der Waals surface area contributed by atoms with Crippen LogP contribution in [0, 0.1) is 5.82 Å². The number of halogens is 2. The van der Waals surface area contributed by atoms with E-state index in [1.807, 2.05) is 37.3 Å². The molecule has 0 fully saturated rings. The van der Waals surface area contributed by atoms with Crippen LogP contribution in [0.15, 0.2) is 71.7 Å². The molecule has 0 bridgehead atoms. The van der Waals surface area contributed by atoms with E-state index in [0.717, 1.165) is 16.8 Å². The number of ether oxygens (including phenoxy) is 1. The van der Waals surface area contributed by atoms with Crippen molar-refractivity contribution in [1.82, 2.24) is 0 Å². The zero-order valence-electron chi connectivity index (χ0n) is 14.1. The molecule has 5 heteroatoms. The maximum atomic E-state index is 13.8. The van der Waals surface area contributed by atoms with Gasteiger partial charge >= 0.3 is 0 Å². The fourth-order valence-electron chi connectivity index (χ4n) is 3.39. The lowest BCUT2D eigenvalue weighted by Gasteiger charge is -2.31. The molecule has 4 rings (SSSR count). The Bertz CT molecular complexity index is 948. The molecule has 3 nitrogen and oxygen atoms in total. The van der Waals surface area contributed by atoms with Crippen molar-refractivity contribution in [1.29, 1.82) is 0 Å². The Hall–Kier alpha value is -2.72. The highest BCUT2D eigenvalue weighted by Crippen LogP contribution is 2.44. The quantitative estimate of drug-likeness (QED) is 0.587. The molecule has 0 saturated heterocycles. The number of hydrogen-bond acceptors (Lipinski definition) is 3. The standard InChI is InChI=1S/C21H17ClFNO2/c1-2-21(20-4-3-8-25-20)18-12-14(5-6-19(18)24-7-9-26-21)15-10-16(22)13-17(23)11-15/h3-13,24H,2H2,1H3. The predicted octanol–water partition coefficient (Wildman–Crippen LogP) is 6.31. The van der Waals surface area contributed by atoms with E-state index in [1.165, 1.54) is 12.1 Å². The Balaban J connectivity index is 1.92. The zero-order chi connectivity index (χ0) is 18.1. The molecule has 1 aliphatic heterocycles. The van der Waals surface area contributed by atoms with Crippen LogP contribution in [-0.2, 0) is 10.3 Å². The summed E-state index contributed by atoms with van der Waals surface area (Å²) in [7, 11) is 0. The Morgan fingerprint density at radius 2 is 2.00 bits per heavy atom. The van der Waals surface area contributed by atoms with Crippen LogP contribution in [0.3, 0.4) is 0 Å². The van der Waals surface area contributed by atoms with Crippen LogP contribution in [0.25, 0.3) is 11.1 Å². The molecule has 0 spiro atoms. The molecule has 3 aromatic rings. The zero-order valence-corrected chi connectivity index (χ0v) is 14.9. The maximum Gasteiger partial charge on any atom is 0.192 e. The van der Waals surface area contributed by atoms with Gasteiger partial charge in [-0.15, -0.1) is 0 Å². The van der Waals surface area contributed by atoms with Crippen molar-refractivity contribution in [2.75, 3.05) is 5.32 Å². The lowest BCUT2D eigenvalue weighted by Crippen LogP contribution is -2.28. The molecular weight excluding hydrogens is 353 g/mol. The summed E-state index contributed by atoms with van der Waals surface area (Å²) in [6.07, 6.45) is 5.67. The second kappa shape index (κ2) is 6.54. The van der Waals surface area contributed by atoms with Crippen molar-refractivity contribution in [3.05, 3.63) is 89.4 Å². The summed E-state index contributed by atoms with van der Waals surface area (Å²) in [5, 5.41) is 3.59. The van der Waals surface area contributed by atoms with E-state index in [4.69, 9.17) is 20.8 Å². The van der Waals surface area contributed by atoms with Gasteiger partial charge in [-0.2, -0.15) is 0 Å². The number of furan rings is 1. The van der Waals surface area contributed by atoms with Gasteiger partial charge in [0.1, 0.15) is 12.1 Å². The Kier molecular flexibility index (Phi) is 4.21. The molecule has 1 aliphatic rings. The fourth-order valence-corrected chi connectivity index (χ4v) is 3.61. The van der Waals surface area contributed by atoms with Gasteiger partial charge in [0.05, 0.1) is 6.26 Å². The molecule has 2 heterocycles. The molecule has 0 radical (unpaired) electrons. The number of anilines is 1. The smallest absolute Gasteiger partial charge is 0.192 e. The second-order valence-corrected chi connectivity index (χ2v) is 6.58. The third kappa shape index (κ3) is 2.76. The van der Waals surface area contributed by atoms with Crippen LogP contribution in [0.4, 0.5) is 10.1 Å². The molecule has 2 aromatic carbocycles. The van der Waals surface area contributed by atoms with Crippen molar-refractivity contribution in [3.63, 3.8) is 0 Å². The number of fused-ring (bicyclic) bond motifs is 1. The third-order valence-corrected chi connectivity index (χ3v) is 4.86. The highest BCUT2D eigenvalue weighted by atomic mass is 35.5. The maximum absolute atomic E-state index is 13.8. The molecule has 1 N–H and O–H groups in total. The average molecular weight is 370 g/mol. The van der Waals surface area contributed by atoms with Crippen molar-refractivity contribution in [3.8, 4) is 11.1 Å². The minimum atomic E-state index is -0.772. The van der Waals surface area contributed by atoms with E-state index in [2.05, 4.69) is 5.32 Å². The van der Waals surface area contributed by atoms with E-state index in [9.17, 15) is 4.39 Å². The summed E-state index contributed by atoms with van der Waals surface area (Å²) in [4.78, 5) is 0. The van der Waals surface area contributed by atoms with Crippen molar-refractivity contribution in [2.45, 2.75) is 18.9 Å². The molecular formula is C21H17ClFNO2. The van der Waals surface area contributed by atoms with Gasteiger partial charge in [0.15, 0.2) is 11.4 Å². The van der Waals surface area contributed by atoms with Crippen LogP contribution in [0.2, 0.25) is 5.02 Å². The van der Waals surface area contributed by atoms with Crippen LogP contribution in [0.1, 0.15) is 24.7 Å². The molecule has 1 aromatic heterocycles. The highest BCUT2D eigenvalue weighted by Gasteiger charge is 2.40. The van der Waals surface area contributed by atoms with Gasteiger partial charge in [0, 0.05) is 22.5 Å². The van der Waals surface area contributed by atoms with Gasteiger partial charge in [-0.25, -0.2) is 4.39 Å². The fraction of sp³-hybridized carbons (Fsp3) is 0.143. The van der Waals surface area contributed by atoms with Gasteiger partial charge in [0.2, 0.25) is 0 Å². The lowest BCUT2D eigenvalue weighted by molar-refractivity contribution is 0.0349. The molecule has 1 unspecified atom stereocenters.